The zero-order valence-electron chi connectivity index (χ0n) is 13.8. The minimum absolute atomic E-state index is 0.0872. The lowest BCUT2D eigenvalue weighted by molar-refractivity contribution is 0.228. The summed E-state index contributed by atoms with van der Waals surface area (Å²) in [7, 11) is 1.63. The standard InChI is InChI=1S/C18H20ClIN2O2/c1-12(2)24-18-16(20)8-13(9-17(18)23-3)10-21-22-11-14-6-4-5-7-15(14)19/h4-10,12,22H,11H2,1-3H3/b21-10-. The number of rotatable bonds is 7. The van der Waals surface area contributed by atoms with Crippen molar-refractivity contribution < 1.29 is 9.47 Å². The van der Waals surface area contributed by atoms with Gasteiger partial charge in [0.25, 0.3) is 0 Å². The Labute approximate surface area is 161 Å². The van der Waals surface area contributed by atoms with E-state index in [-0.39, 0.29) is 6.10 Å². The van der Waals surface area contributed by atoms with Crippen LogP contribution in [0.15, 0.2) is 41.5 Å². The third-order valence-corrected chi connectivity index (χ3v) is 4.31. The van der Waals surface area contributed by atoms with E-state index in [1.807, 2.05) is 50.2 Å². The van der Waals surface area contributed by atoms with Crippen molar-refractivity contribution in [3.8, 4) is 11.5 Å². The third kappa shape index (κ3) is 5.27. The van der Waals surface area contributed by atoms with Crippen molar-refractivity contribution in [2.75, 3.05) is 7.11 Å². The maximum Gasteiger partial charge on any atom is 0.174 e. The molecule has 1 N–H and O–H groups in total. The molecule has 4 nitrogen and oxygen atoms in total. The number of hydrogen-bond acceptors (Lipinski definition) is 4. The second-order valence-corrected chi connectivity index (χ2v) is 6.95. The van der Waals surface area contributed by atoms with Gasteiger partial charge in [0.15, 0.2) is 11.5 Å². The maximum atomic E-state index is 6.12. The predicted octanol–water partition coefficient (Wildman–Crippen LogP) is 4.86. The first kappa shape index (κ1) is 18.9. The van der Waals surface area contributed by atoms with Gasteiger partial charge in [0, 0.05) is 5.02 Å². The predicted molar refractivity (Wildman–Crippen MR) is 107 cm³/mol. The zero-order valence-corrected chi connectivity index (χ0v) is 16.8. The van der Waals surface area contributed by atoms with Gasteiger partial charge in [0.1, 0.15) is 0 Å². The van der Waals surface area contributed by atoms with Crippen LogP contribution in [0.1, 0.15) is 25.0 Å². The smallest absolute Gasteiger partial charge is 0.174 e. The second-order valence-electron chi connectivity index (χ2n) is 5.39. The largest absolute Gasteiger partial charge is 0.493 e. The first-order chi connectivity index (χ1) is 11.5. The van der Waals surface area contributed by atoms with E-state index in [9.17, 15) is 0 Å². The van der Waals surface area contributed by atoms with E-state index in [4.69, 9.17) is 21.1 Å². The van der Waals surface area contributed by atoms with Crippen molar-refractivity contribution >= 4 is 40.4 Å². The molecule has 0 saturated heterocycles. The van der Waals surface area contributed by atoms with Crippen molar-refractivity contribution in [2.24, 2.45) is 5.10 Å². The van der Waals surface area contributed by atoms with E-state index in [1.165, 1.54) is 0 Å². The lowest BCUT2D eigenvalue weighted by Gasteiger charge is -2.15. The van der Waals surface area contributed by atoms with Crippen LogP contribution in [-0.4, -0.2) is 19.4 Å². The first-order valence-electron chi connectivity index (χ1n) is 7.54. The molecule has 0 spiro atoms. The fraction of sp³-hybridized carbons (Fsp3) is 0.278. The molecule has 0 atom stereocenters. The highest BCUT2D eigenvalue weighted by Gasteiger charge is 2.12. The van der Waals surface area contributed by atoms with Crippen LogP contribution in [0.2, 0.25) is 5.02 Å². The Morgan fingerprint density at radius 1 is 1.29 bits per heavy atom. The van der Waals surface area contributed by atoms with Gasteiger partial charge in [-0.05, 0) is 65.8 Å². The van der Waals surface area contributed by atoms with Crippen molar-refractivity contribution in [2.45, 2.75) is 26.5 Å². The molecule has 0 aliphatic heterocycles. The van der Waals surface area contributed by atoms with E-state index >= 15 is 0 Å². The van der Waals surface area contributed by atoms with Crippen LogP contribution in [0.25, 0.3) is 0 Å². The maximum absolute atomic E-state index is 6.12. The highest BCUT2D eigenvalue weighted by Crippen LogP contribution is 2.34. The van der Waals surface area contributed by atoms with Gasteiger partial charge >= 0.3 is 0 Å². The van der Waals surface area contributed by atoms with Crippen molar-refractivity contribution in [3.05, 3.63) is 56.1 Å². The quantitative estimate of drug-likeness (QED) is 0.366. The van der Waals surface area contributed by atoms with Crippen LogP contribution in [-0.2, 0) is 6.54 Å². The molecule has 2 rings (SSSR count). The van der Waals surface area contributed by atoms with Gasteiger partial charge < -0.3 is 14.9 Å². The lowest BCUT2D eigenvalue weighted by Crippen LogP contribution is -2.09. The van der Waals surface area contributed by atoms with Gasteiger partial charge in [-0.3, -0.25) is 0 Å². The molecule has 2 aromatic carbocycles. The van der Waals surface area contributed by atoms with Crippen LogP contribution in [0, 0.1) is 3.57 Å². The average molecular weight is 459 g/mol. The average Bonchev–Trinajstić information content (AvgIpc) is 2.55. The van der Waals surface area contributed by atoms with E-state index in [1.54, 1.807) is 13.3 Å². The normalized spacial score (nSPS) is 11.1. The third-order valence-electron chi connectivity index (χ3n) is 3.14. The Morgan fingerprint density at radius 3 is 2.71 bits per heavy atom. The molecule has 2 aromatic rings. The molecular weight excluding hydrogens is 439 g/mol. The minimum Gasteiger partial charge on any atom is -0.493 e. The molecule has 0 aromatic heterocycles. The monoisotopic (exact) mass is 458 g/mol. The van der Waals surface area contributed by atoms with E-state index in [0.717, 1.165) is 25.5 Å². The molecule has 0 aliphatic rings. The number of benzene rings is 2. The second kappa shape index (κ2) is 9.13. The molecule has 24 heavy (non-hydrogen) atoms. The number of ether oxygens (including phenoxy) is 2. The lowest BCUT2D eigenvalue weighted by atomic mass is 10.2. The summed E-state index contributed by atoms with van der Waals surface area (Å²) in [6.45, 7) is 4.55. The summed E-state index contributed by atoms with van der Waals surface area (Å²) >= 11 is 8.35. The molecule has 0 radical (unpaired) electrons. The molecule has 0 fully saturated rings. The number of hydrazone groups is 1. The number of hydrogen-bond donors (Lipinski definition) is 1. The van der Waals surface area contributed by atoms with E-state index in [0.29, 0.717) is 12.3 Å². The molecule has 0 bridgehead atoms. The summed E-state index contributed by atoms with van der Waals surface area (Å²) in [6, 6.07) is 11.6. The van der Waals surface area contributed by atoms with Crippen LogP contribution >= 0.6 is 34.2 Å². The summed E-state index contributed by atoms with van der Waals surface area (Å²) in [5.74, 6) is 1.46. The highest BCUT2D eigenvalue weighted by molar-refractivity contribution is 14.1. The van der Waals surface area contributed by atoms with Crippen LogP contribution in [0.3, 0.4) is 0 Å². The molecule has 0 saturated carbocycles. The van der Waals surface area contributed by atoms with Gasteiger partial charge in [0.05, 0.1) is 29.5 Å². The Balaban J connectivity index is 2.06. The fourth-order valence-electron chi connectivity index (χ4n) is 2.06. The molecule has 128 valence electrons. The first-order valence-corrected chi connectivity index (χ1v) is 9.00. The summed E-state index contributed by atoms with van der Waals surface area (Å²) in [4.78, 5) is 0. The number of methoxy groups -OCH3 is 1. The minimum atomic E-state index is 0.0872. The van der Waals surface area contributed by atoms with E-state index in [2.05, 4.69) is 33.1 Å². The topological polar surface area (TPSA) is 42.8 Å². The summed E-state index contributed by atoms with van der Waals surface area (Å²) < 4.78 is 12.2. The fourth-order valence-corrected chi connectivity index (χ4v) is 3.01. The molecule has 6 heteroatoms. The highest BCUT2D eigenvalue weighted by atomic mass is 127. The Kier molecular flexibility index (Phi) is 7.17. The molecule has 0 amide bonds. The van der Waals surface area contributed by atoms with Gasteiger partial charge in [-0.25, -0.2) is 0 Å². The number of nitrogens with one attached hydrogen (secondary N) is 1. The Morgan fingerprint density at radius 2 is 2.04 bits per heavy atom. The van der Waals surface area contributed by atoms with Crippen molar-refractivity contribution in [1.82, 2.24) is 5.43 Å². The Bertz CT molecular complexity index is 720. The molecule has 0 aliphatic carbocycles. The van der Waals surface area contributed by atoms with Crippen molar-refractivity contribution in [1.29, 1.82) is 0 Å². The zero-order chi connectivity index (χ0) is 17.5. The van der Waals surface area contributed by atoms with Crippen LogP contribution in [0.4, 0.5) is 0 Å². The molecule has 0 unspecified atom stereocenters. The SMILES string of the molecule is COc1cc(/C=N\NCc2ccccc2Cl)cc(I)c1OC(C)C. The summed E-state index contributed by atoms with van der Waals surface area (Å²) in [6.07, 6.45) is 1.84. The van der Waals surface area contributed by atoms with Gasteiger partial charge in [-0.15, -0.1) is 0 Å². The van der Waals surface area contributed by atoms with Gasteiger partial charge in [-0.1, -0.05) is 29.8 Å². The van der Waals surface area contributed by atoms with Crippen LogP contribution < -0.4 is 14.9 Å². The summed E-state index contributed by atoms with van der Waals surface area (Å²) in [5, 5.41) is 4.98. The number of halogens is 2. The van der Waals surface area contributed by atoms with Crippen LogP contribution in [0.5, 0.6) is 11.5 Å². The number of nitrogens with zero attached hydrogens (tertiary/aromatic N) is 1. The Hall–Kier alpha value is -1.47. The van der Waals surface area contributed by atoms with Gasteiger partial charge in [0.2, 0.25) is 0 Å². The van der Waals surface area contributed by atoms with Gasteiger partial charge in [-0.2, -0.15) is 5.10 Å². The molecular formula is C18H20ClIN2O2. The van der Waals surface area contributed by atoms with Crippen molar-refractivity contribution in [3.63, 3.8) is 0 Å². The van der Waals surface area contributed by atoms with E-state index < -0.39 is 0 Å². The summed E-state index contributed by atoms with van der Waals surface area (Å²) in [5.41, 5.74) is 4.94. The molecule has 0 heterocycles.